The monoisotopic (exact) mass is 195 g/mol. The van der Waals surface area contributed by atoms with Gasteiger partial charge in [0.1, 0.15) is 0 Å². The Morgan fingerprint density at radius 3 is 2.54 bits per heavy atom. The van der Waals surface area contributed by atoms with E-state index >= 15 is 0 Å². The fraction of sp³-hybridized carbons (Fsp3) is 0.455. The van der Waals surface area contributed by atoms with E-state index in [0.717, 1.165) is 11.4 Å². The molecule has 2 N–H and O–H groups in total. The van der Waals surface area contributed by atoms with E-state index in [9.17, 15) is 0 Å². The Morgan fingerprint density at radius 2 is 2.08 bits per heavy atom. The highest BCUT2D eigenvalue weighted by Gasteiger charge is 2.50. The van der Waals surface area contributed by atoms with Crippen LogP contribution in [0.1, 0.15) is 25.3 Å². The van der Waals surface area contributed by atoms with Crippen molar-refractivity contribution in [2.75, 3.05) is 0 Å². The molecule has 2 atom stereocenters. The van der Waals surface area contributed by atoms with Gasteiger partial charge in [0.05, 0.1) is 0 Å². The first-order chi connectivity index (χ1) is 6.16. The molecule has 1 aliphatic carbocycles. The van der Waals surface area contributed by atoms with Gasteiger partial charge in [-0.3, -0.25) is 0 Å². The molecule has 0 radical (unpaired) electrons. The zero-order chi connectivity index (χ0) is 9.47. The van der Waals surface area contributed by atoms with E-state index in [1.54, 1.807) is 0 Å². The van der Waals surface area contributed by atoms with E-state index in [2.05, 4.69) is 6.92 Å². The predicted molar refractivity (Wildman–Crippen MR) is 55.7 cm³/mol. The molecule has 70 valence electrons. The zero-order valence-electron chi connectivity index (χ0n) is 7.76. The SMILES string of the molecule is CC[C@@H]1C[C@]1(N)c1ccc(Cl)cc1. The van der Waals surface area contributed by atoms with Gasteiger partial charge in [-0.1, -0.05) is 37.1 Å². The maximum Gasteiger partial charge on any atom is 0.0442 e. The molecular formula is C11H14ClN. The van der Waals surface area contributed by atoms with Gasteiger partial charge >= 0.3 is 0 Å². The van der Waals surface area contributed by atoms with Crippen molar-refractivity contribution < 1.29 is 0 Å². The number of hydrogen-bond donors (Lipinski definition) is 1. The van der Waals surface area contributed by atoms with E-state index < -0.39 is 0 Å². The summed E-state index contributed by atoms with van der Waals surface area (Å²) >= 11 is 5.81. The lowest BCUT2D eigenvalue weighted by molar-refractivity contribution is 0.615. The van der Waals surface area contributed by atoms with Crippen LogP contribution >= 0.6 is 11.6 Å². The lowest BCUT2D eigenvalue weighted by atomic mass is 10.0. The third-order valence-corrected chi connectivity index (χ3v) is 3.28. The molecule has 0 amide bonds. The minimum Gasteiger partial charge on any atom is -0.321 e. The van der Waals surface area contributed by atoms with Gasteiger partial charge in [0.15, 0.2) is 0 Å². The number of hydrogen-bond acceptors (Lipinski definition) is 1. The van der Waals surface area contributed by atoms with E-state index in [0.29, 0.717) is 5.92 Å². The maximum absolute atomic E-state index is 6.23. The Bertz CT molecular complexity index is 306. The normalized spacial score (nSPS) is 31.8. The lowest BCUT2D eigenvalue weighted by Crippen LogP contribution is -2.21. The third-order valence-electron chi connectivity index (χ3n) is 3.03. The van der Waals surface area contributed by atoms with Crippen LogP contribution in [0.2, 0.25) is 5.02 Å². The van der Waals surface area contributed by atoms with Crippen molar-refractivity contribution in [3.05, 3.63) is 34.9 Å². The Balaban J connectivity index is 2.23. The van der Waals surface area contributed by atoms with Crippen LogP contribution in [0.15, 0.2) is 24.3 Å². The second-order valence-electron chi connectivity index (χ2n) is 3.86. The second kappa shape index (κ2) is 3.00. The summed E-state index contributed by atoms with van der Waals surface area (Å²) in [4.78, 5) is 0. The van der Waals surface area contributed by atoms with Gasteiger partial charge in [0.2, 0.25) is 0 Å². The van der Waals surface area contributed by atoms with Crippen molar-refractivity contribution in [1.29, 1.82) is 0 Å². The van der Waals surface area contributed by atoms with Crippen LogP contribution in [-0.4, -0.2) is 0 Å². The first-order valence-corrected chi connectivity index (χ1v) is 5.09. The Hall–Kier alpha value is -0.530. The van der Waals surface area contributed by atoms with Gasteiger partial charge in [-0.2, -0.15) is 0 Å². The first-order valence-electron chi connectivity index (χ1n) is 4.71. The largest absolute Gasteiger partial charge is 0.321 e. The molecule has 0 saturated heterocycles. The summed E-state index contributed by atoms with van der Waals surface area (Å²) in [5.74, 6) is 0.661. The van der Waals surface area contributed by atoms with Gasteiger partial charge in [-0.05, 0) is 30.0 Å². The average Bonchev–Trinajstić information content (AvgIpc) is 2.80. The summed E-state index contributed by atoms with van der Waals surface area (Å²) in [6, 6.07) is 7.91. The highest BCUT2D eigenvalue weighted by Crippen LogP contribution is 2.51. The lowest BCUT2D eigenvalue weighted by Gasteiger charge is -2.11. The van der Waals surface area contributed by atoms with Crippen LogP contribution < -0.4 is 5.73 Å². The summed E-state index contributed by atoms with van der Waals surface area (Å²) in [6.45, 7) is 2.19. The van der Waals surface area contributed by atoms with Crippen LogP contribution in [0.5, 0.6) is 0 Å². The van der Waals surface area contributed by atoms with Gasteiger partial charge in [0.25, 0.3) is 0 Å². The van der Waals surface area contributed by atoms with Gasteiger partial charge < -0.3 is 5.73 Å². The van der Waals surface area contributed by atoms with Crippen LogP contribution in [-0.2, 0) is 5.54 Å². The van der Waals surface area contributed by atoms with Crippen molar-refractivity contribution in [2.24, 2.45) is 11.7 Å². The third kappa shape index (κ3) is 1.47. The maximum atomic E-state index is 6.23. The van der Waals surface area contributed by atoms with Crippen molar-refractivity contribution in [2.45, 2.75) is 25.3 Å². The molecule has 0 aromatic heterocycles. The van der Waals surface area contributed by atoms with E-state index in [1.807, 2.05) is 24.3 Å². The summed E-state index contributed by atoms with van der Waals surface area (Å²) in [5, 5.41) is 0.779. The van der Waals surface area contributed by atoms with Crippen molar-refractivity contribution in [1.82, 2.24) is 0 Å². The zero-order valence-corrected chi connectivity index (χ0v) is 8.51. The number of rotatable bonds is 2. The fourth-order valence-electron chi connectivity index (χ4n) is 1.97. The van der Waals surface area contributed by atoms with E-state index in [1.165, 1.54) is 12.0 Å². The molecule has 0 unspecified atom stereocenters. The first kappa shape index (κ1) is 9.04. The smallest absolute Gasteiger partial charge is 0.0442 e. The summed E-state index contributed by atoms with van der Waals surface area (Å²) in [5.41, 5.74) is 7.40. The predicted octanol–water partition coefficient (Wildman–Crippen LogP) is 2.92. The van der Waals surface area contributed by atoms with Crippen LogP contribution in [0.25, 0.3) is 0 Å². The number of nitrogens with two attached hydrogens (primary N) is 1. The number of halogens is 1. The molecule has 1 nitrogen and oxygen atoms in total. The summed E-state index contributed by atoms with van der Waals surface area (Å²) in [7, 11) is 0. The highest BCUT2D eigenvalue weighted by molar-refractivity contribution is 6.30. The molecule has 1 aliphatic rings. The van der Waals surface area contributed by atoms with Crippen LogP contribution in [0, 0.1) is 5.92 Å². The standard InChI is InChI=1S/C11H14ClN/c1-2-8-7-11(8,13)9-3-5-10(12)6-4-9/h3-6,8H,2,7,13H2,1H3/t8-,11-/m1/s1. The van der Waals surface area contributed by atoms with Gasteiger partial charge in [-0.25, -0.2) is 0 Å². The van der Waals surface area contributed by atoms with Crippen LogP contribution in [0.4, 0.5) is 0 Å². The summed E-state index contributed by atoms with van der Waals surface area (Å²) in [6.07, 6.45) is 2.28. The topological polar surface area (TPSA) is 26.0 Å². The molecular weight excluding hydrogens is 182 g/mol. The molecule has 1 aromatic rings. The van der Waals surface area contributed by atoms with E-state index in [-0.39, 0.29) is 5.54 Å². The molecule has 1 fully saturated rings. The molecule has 0 bridgehead atoms. The van der Waals surface area contributed by atoms with Gasteiger partial charge in [-0.15, -0.1) is 0 Å². The number of benzene rings is 1. The Morgan fingerprint density at radius 1 is 1.46 bits per heavy atom. The molecule has 1 saturated carbocycles. The average molecular weight is 196 g/mol. The van der Waals surface area contributed by atoms with Crippen molar-refractivity contribution in [3.63, 3.8) is 0 Å². The molecule has 0 spiro atoms. The molecule has 2 rings (SSSR count). The Kier molecular flexibility index (Phi) is 2.09. The molecule has 1 aromatic carbocycles. The minimum atomic E-state index is -0.0562. The fourth-order valence-corrected chi connectivity index (χ4v) is 2.10. The Labute approximate surface area is 83.9 Å². The second-order valence-corrected chi connectivity index (χ2v) is 4.29. The highest BCUT2D eigenvalue weighted by atomic mass is 35.5. The van der Waals surface area contributed by atoms with E-state index in [4.69, 9.17) is 17.3 Å². The van der Waals surface area contributed by atoms with Crippen LogP contribution in [0.3, 0.4) is 0 Å². The minimum absolute atomic E-state index is 0.0562. The molecule has 0 aliphatic heterocycles. The van der Waals surface area contributed by atoms with Gasteiger partial charge in [0, 0.05) is 10.6 Å². The molecule has 2 heteroatoms. The van der Waals surface area contributed by atoms with Crippen molar-refractivity contribution >= 4 is 11.6 Å². The molecule has 0 heterocycles. The quantitative estimate of drug-likeness (QED) is 0.772. The summed E-state index contributed by atoms with van der Waals surface area (Å²) < 4.78 is 0. The molecule has 13 heavy (non-hydrogen) atoms. The van der Waals surface area contributed by atoms with Crippen molar-refractivity contribution in [3.8, 4) is 0 Å².